The number of halogens is 1. The van der Waals surface area contributed by atoms with Crippen LogP contribution in [0.15, 0.2) is 28.7 Å². The number of hydrogen-bond donors (Lipinski definition) is 0. The van der Waals surface area contributed by atoms with Gasteiger partial charge >= 0.3 is 11.9 Å². The molecule has 0 amide bonds. The molecule has 0 saturated heterocycles. The van der Waals surface area contributed by atoms with E-state index in [-0.39, 0.29) is 12.4 Å². The van der Waals surface area contributed by atoms with Gasteiger partial charge in [-0.15, -0.1) is 0 Å². The lowest BCUT2D eigenvalue weighted by Crippen LogP contribution is -2.19. The molecule has 0 N–H and O–H groups in total. The summed E-state index contributed by atoms with van der Waals surface area (Å²) in [5, 5.41) is 0. The monoisotopic (exact) mass is 342 g/mol. The third kappa shape index (κ3) is 5.33. The van der Waals surface area contributed by atoms with E-state index in [4.69, 9.17) is 9.47 Å². The van der Waals surface area contributed by atoms with Crippen LogP contribution < -0.4 is 0 Å². The highest BCUT2D eigenvalue weighted by Gasteiger charge is 2.25. The lowest BCUT2D eigenvalue weighted by atomic mass is 9.96. The maximum absolute atomic E-state index is 11.8. The van der Waals surface area contributed by atoms with E-state index in [1.54, 1.807) is 12.1 Å². The van der Waals surface area contributed by atoms with Crippen LogP contribution >= 0.6 is 15.9 Å². The molecular weight excluding hydrogens is 324 g/mol. The van der Waals surface area contributed by atoms with E-state index >= 15 is 0 Å². The number of hydrogen-bond acceptors (Lipinski definition) is 4. The van der Waals surface area contributed by atoms with Gasteiger partial charge in [0.15, 0.2) is 0 Å². The Morgan fingerprint density at radius 1 is 1.35 bits per heavy atom. The zero-order valence-corrected chi connectivity index (χ0v) is 13.3. The second-order valence-electron chi connectivity index (χ2n) is 4.41. The Morgan fingerprint density at radius 2 is 2.10 bits per heavy atom. The summed E-state index contributed by atoms with van der Waals surface area (Å²) in [4.78, 5) is 23.6. The van der Waals surface area contributed by atoms with Gasteiger partial charge in [-0.25, -0.2) is 0 Å². The molecule has 1 rings (SSSR count). The zero-order chi connectivity index (χ0) is 15.0. The van der Waals surface area contributed by atoms with Gasteiger partial charge in [0.25, 0.3) is 0 Å². The van der Waals surface area contributed by atoms with Gasteiger partial charge in [0, 0.05) is 4.47 Å². The third-order valence-electron chi connectivity index (χ3n) is 2.87. The van der Waals surface area contributed by atoms with Crippen molar-refractivity contribution in [1.29, 1.82) is 0 Å². The van der Waals surface area contributed by atoms with Crippen LogP contribution in [0.4, 0.5) is 0 Å². The molecule has 110 valence electrons. The van der Waals surface area contributed by atoms with Crippen LogP contribution in [-0.2, 0) is 19.1 Å². The van der Waals surface area contributed by atoms with Crippen LogP contribution in [0, 0.1) is 0 Å². The van der Waals surface area contributed by atoms with Gasteiger partial charge in [-0.1, -0.05) is 41.4 Å². The van der Waals surface area contributed by atoms with Crippen LogP contribution in [-0.4, -0.2) is 25.7 Å². The summed E-state index contributed by atoms with van der Waals surface area (Å²) >= 11 is 3.35. The summed E-state index contributed by atoms with van der Waals surface area (Å²) in [5.41, 5.74) is 0.735. The fourth-order valence-electron chi connectivity index (χ4n) is 1.76. The highest BCUT2D eigenvalue weighted by Crippen LogP contribution is 2.24. The molecule has 1 aromatic rings. The largest absolute Gasteiger partial charge is 0.469 e. The quantitative estimate of drug-likeness (QED) is 0.562. The summed E-state index contributed by atoms with van der Waals surface area (Å²) in [6, 6.07) is 7.28. The van der Waals surface area contributed by atoms with Crippen LogP contribution in [0.3, 0.4) is 0 Å². The fraction of sp³-hybridized carbons (Fsp3) is 0.467. The first kappa shape index (κ1) is 16.7. The molecule has 1 unspecified atom stereocenters. The predicted octanol–water partition coefficient (Wildman–Crippen LogP) is 3.44. The van der Waals surface area contributed by atoms with Gasteiger partial charge in [-0.3, -0.25) is 9.59 Å². The molecule has 0 aliphatic carbocycles. The first-order chi connectivity index (χ1) is 9.58. The third-order valence-corrected chi connectivity index (χ3v) is 3.36. The second kappa shape index (κ2) is 8.74. The molecule has 0 spiro atoms. The van der Waals surface area contributed by atoms with Gasteiger partial charge < -0.3 is 9.47 Å². The van der Waals surface area contributed by atoms with E-state index in [9.17, 15) is 9.59 Å². The Morgan fingerprint density at radius 3 is 2.70 bits per heavy atom. The number of benzene rings is 1. The standard InChI is InChI=1S/C15H19BrO4/c1-3-4-8-20-14(17)10-13(15(18)19-2)11-6-5-7-12(16)9-11/h5-7,9,13H,3-4,8,10H2,1-2H3. The topological polar surface area (TPSA) is 52.6 Å². The predicted molar refractivity (Wildman–Crippen MR) is 79.4 cm³/mol. The summed E-state index contributed by atoms with van der Waals surface area (Å²) in [7, 11) is 1.32. The number of carbonyl (C=O) groups excluding carboxylic acids is 2. The molecule has 1 atom stereocenters. The summed E-state index contributed by atoms with van der Waals surface area (Å²) in [6.07, 6.45) is 1.78. The Kier molecular flexibility index (Phi) is 7.30. The minimum Gasteiger partial charge on any atom is -0.469 e. The molecule has 0 saturated carbocycles. The minimum absolute atomic E-state index is 0.00710. The molecule has 0 aromatic heterocycles. The molecule has 20 heavy (non-hydrogen) atoms. The summed E-state index contributed by atoms with van der Waals surface area (Å²) < 4.78 is 10.7. The molecule has 0 bridgehead atoms. The number of carbonyl (C=O) groups is 2. The molecule has 0 aliphatic rings. The Balaban J connectivity index is 2.75. The fourth-order valence-corrected chi connectivity index (χ4v) is 2.18. The van der Waals surface area contributed by atoms with Gasteiger partial charge in [0.05, 0.1) is 26.1 Å². The molecule has 1 aromatic carbocycles. The smallest absolute Gasteiger partial charge is 0.313 e. The molecular formula is C15H19BrO4. The average Bonchev–Trinajstić information content (AvgIpc) is 2.44. The average molecular weight is 343 g/mol. The van der Waals surface area contributed by atoms with Gasteiger partial charge in [-0.2, -0.15) is 0 Å². The van der Waals surface area contributed by atoms with Crippen LogP contribution in [0.1, 0.15) is 37.7 Å². The summed E-state index contributed by atoms with van der Waals surface area (Å²) in [6.45, 7) is 2.41. The van der Waals surface area contributed by atoms with Gasteiger partial charge in [0.1, 0.15) is 0 Å². The van der Waals surface area contributed by atoms with Crippen molar-refractivity contribution in [2.24, 2.45) is 0 Å². The van der Waals surface area contributed by atoms with Crippen molar-refractivity contribution in [1.82, 2.24) is 0 Å². The van der Waals surface area contributed by atoms with E-state index in [0.717, 1.165) is 22.9 Å². The summed E-state index contributed by atoms with van der Waals surface area (Å²) in [5.74, 6) is -1.45. The number of esters is 2. The highest BCUT2D eigenvalue weighted by molar-refractivity contribution is 9.10. The Bertz CT molecular complexity index is 459. The lowest BCUT2D eigenvalue weighted by molar-refractivity contribution is -0.150. The van der Waals surface area contributed by atoms with Crippen LogP contribution in [0.5, 0.6) is 0 Å². The van der Waals surface area contributed by atoms with Crippen LogP contribution in [0.25, 0.3) is 0 Å². The van der Waals surface area contributed by atoms with E-state index in [0.29, 0.717) is 6.61 Å². The first-order valence-corrected chi connectivity index (χ1v) is 7.36. The van der Waals surface area contributed by atoms with Crippen molar-refractivity contribution in [3.05, 3.63) is 34.3 Å². The SMILES string of the molecule is CCCCOC(=O)CC(C(=O)OC)c1cccc(Br)c1. The first-order valence-electron chi connectivity index (χ1n) is 6.57. The van der Waals surface area contributed by atoms with Crippen molar-refractivity contribution in [3.8, 4) is 0 Å². The highest BCUT2D eigenvalue weighted by atomic mass is 79.9. The van der Waals surface area contributed by atoms with Gasteiger partial charge in [0.2, 0.25) is 0 Å². The number of methoxy groups -OCH3 is 1. The molecule has 5 heteroatoms. The zero-order valence-electron chi connectivity index (χ0n) is 11.7. The van der Waals surface area contributed by atoms with Crippen molar-refractivity contribution < 1.29 is 19.1 Å². The minimum atomic E-state index is -0.633. The van der Waals surface area contributed by atoms with Crippen molar-refractivity contribution in [2.45, 2.75) is 32.1 Å². The van der Waals surface area contributed by atoms with Crippen molar-refractivity contribution in [3.63, 3.8) is 0 Å². The second-order valence-corrected chi connectivity index (χ2v) is 5.32. The maximum atomic E-state index is 11.8. The Hall–Kier alpha value is -1.36. The molecule has 0 heterocycles. The van der Waals surface area contributed by atoms with Crippen molar-refractivity contribution in [2.75, 3.05) is 13.7 Å². The molecule has 0 fully saturated rings. The van der Waals surface area contributed by atoms with E-state index < -0.39 is 11.9 Å². The van der Waals surface area contributed by atoms with Gasteiger partial charge in [-0.05, 0) is 24.1 Å². The number of ether oxygens (including phenoxy) is 2. The number of unbranched alkanes of at least 4 members (excludes halogenated alkanes) is 1. The maximum Gasteiger partial charge on any atom is 0.313 e. The Labute approximate surface area is 127 Å². The molecule has 4 nitrogen and oxygen atoms in total. The van der Waals surface area contributed by atoms with E-state index in [2.05, 4.69) is 15.9 Å². The molecule has 0 aliphatic heterocycles. The molecule has 0 radical (unpaired) electrons. The van der Waals surface area contributed by atoms with E-state index in [1.807, 2.05) is 19.1 Å². The van der Waals surface area contributed by atoms with Crippen LogP contribution in [0.2, 0.25) is 0 Å². The lowest BCUT2D eigenvalue weighted by Gasteiger charge is -2.14. The number of rotatable bonds is 7. The van der Waals surface area contributed by atoms with Crippen molar-refractivity contribution >= 4 is 27.9 Å². The normalized spacial score (nSPS) is 11.8. The van der Waals surface area contributed by atoms with E-state index in [1.165, 1.54) is 7.11 Å².